The molecule has 0 bridgehead atoms. The lowest BCUT2D eigenvalue weighted by molar-refractivity contribution is 0.0722. The van der Waals surface area contributed by atoms with E-state index in [0.717, 1.165) is 31.3 Å². The van der Waals surface area contributed by atoms with Gasteiger partial charge in [-0.25, -0.2) is 4.98 Å². The van der Waals surface area contributed by atoms with Gasteiger partial charge in [0.15, 0.2) is 0 Å². The van der Waals surface area contributed by atoms with E-state index in [4.69, 9.17) is 4.74 Å². The zero-order chi connectivity index (χ0) is 14.2. The van der Waals surface area contributed by atoms with E-state index >= 15 is 0 Å². The standard InChI is InChI=1S/C16H28N2OS/c1-13(2)8-17-9-16-18-15(12-20-16)11-19-10-14-6-4-3-5-7-14/h12-14,17H,3-11H2,1-2H3. The number of rotatable bonds is 8. The van der Waals surface area contributed by atoms with Gasteiger partial charge in [-0.3, -0.25) is 0 Å². The maximum Gasteiger partial charge on any atom is 0.107 e. The van der Waals surface area contributed by atoms with Crippen LogP contribution in [0.4, 0.5) is 0 Å². The molecule has 0 atom stereocenters. The molecule has 1 aromatic heterocycles. The largest absolute Gasteiger partial charge is 0.375 e. The molecule has 0 unspecified atom stereocenters. The fourth-order valence-corrected chi connectivity index (χ4v) is 3.40. The van der Waals surface area contributed by atoms with Gasteiger partial charge in [0.1, 0.15) is 5.01 Å². The molecule has 1 aromatic rings. The van der Waals surface area contributed by atoms with Gasteiger partial charge in [0.2, 0.25) is 0 Å². The first-order chi connectivity index (χ1) is 9.74. The van der Waals surface area contributed by atoms with Crippen molar-refractivity contribution in [1.29, 1.82) is 0 Å². The molecule has 4 heteroatoms. The first-order valence-electron chi connectivity index (χ1n) is 7.95. The Balaban J connectivity index is 1.62. The van der Waals surface area contributed by atoms with Crippen LogP contribution in [-0.4, -0.2) is 18.1 Å². The second-order valence-electron chi connectivity index (χ2n) is 6.28. The quantitative estimate of drug-likeness (QED) is 0.787. The molecule has 1 aliphatic rings. The SMILES string of the molecule is CC(C)CNCc1nc(COCC2CCCCC2)cs1. The second kappa shape index (κ2) is 8.75. The number of aromatic nitrogens is 1. The van der Waals surface area contributed by atoms with Gasteiger partial charge in [-0.05, 0) is 31.2 Å². The van der Waals surface area contributed by atoms with E-state index in [1.165, 1.54) is 37.1 Å². The van der Waals surface area contributed by atoms with E-state index in [2.05, 4.69) is 29.5 Å². The Labute approximate surface area is 127 Å². The summed E-state index contributed by atoms with van der Waals surface area (Å²) >= 11 is 1.73. The van der Waals surface area contributed by atoms with Crippen molar-refractivity contribution in [3.8, 4) is 0 Å². The molecule has 0 radical (unpaired) electrons. The Morgan fingerprint density at radius 3 is 2.90 bits per heavy atom. The summed E-state index contributed by atoms with van der Waals surface area (Å²) in [7, 11) is 0. The fraction of sp³-hybridized carbons (Fsp3) is 0.812. The Morgan fingerprint density at radius 1 is 1.35 bits per heavy atom. The summed E-state index contributed by atoms with van der Waals surface area (Å²) in [4.78, 5) is 4.62. The van der Waals surface area contributed by atoms with Crippen molar-refractivity contribution in [1.82, 2.24) is 10.3 Å². The lowest BCUT2D eigenvalue weighted by Gasteiger charge is -2.20. The highest BCUT2D eigenvalue weighted by Gasteiger charge is 2.13. The summed E-state index contributed by atoms with van der Waals surface area (Å²) in [5.41, 5.74) is 1.09. The van der Waals surface area contributed by atoms with E-state index < -0.39 is 0 Å². The van der Waals surface area contributed by atoms with Crippen LogP contribution in [-0.2, 0) is 17.9 Å². The lowest BCUT2D eigenvalue weighted by atomic mass is 9.90. The molecule has 1 heterocycles. The molecule has 0 spiro atoms. The molecular formula is C16H28N2OS. The Bertz CT molecular complexity index is 372. The zero-order valence-electron chi connectivity index (χ0n) is 12.9. The van der Waals surface area contributed by atoms with Gasteiger partial charge in [-0.1, -0.05) is 33.1 Å². The van der Waals surface area contributed by atoms with Crippen LogP contribution >= 0.6 is 11.3 Å². The summed E-state index contributed by atoms with van der Waals surface area (Å²) in [5.74, 6) is 1.47. The summed E-state index contributed by atoms with van der Waals surface area (Å²) in [5, 5.41) is 6.73. The van der Waals surface area contributed by atoms with Crippen LogP contribution in [0.3, 0.4) is 0 Å². The Hall–Kier alpha value is -0.450. The maximum absolute atomic E-state index is 5.84. The van der Waals surface area contributed by atoms with E-state index in [-0.39, 0.29) is 0 Å². The minimum atomic E-state index is 0.678. The molecule has 1 N–H and O–H groups in total. The second-order valence-corrected chi connectivity index (χ2v) is 7.22. The van der Waals surface area contributed by atoms with Crippen molar-refractivity contribution < 1.29 is 4.74 Å². The molecule has 2 rings (SSSR count). The predicted molar refractivity (Wildman–Crippen MR) is 84.9 cm³/mol. The molecule has 0 aromatic carbocycles. The summed E-state index contributed by atoms with van der Waals surface area (Å²) in [6.45, 7) is 7.97. The van der Waals surface area contributed by atoms with Crippen LogP contribution in [0.2, 0.25) is 0 Å². The number of nitrogens with zero attached hydrogens (tertiary/aromatic N) is 1. The van der Waals surface area contributed by atoms with Crippen molar-refractivity contribution in [2.75, 3.05) is 13.2 Å². The maximum atomic E-state index is 5.84. The Kier molecular flexibility index (Phi) is 6.97. The first-order valence-corrected chi connectivity index (χ1v) is 8.83. The Morgan fingerprint density at radius 2 is 2.15 bits per heavy atom. The average Bonchev–Trinajstić information content (AvgIpc) is 2.87. The molecule has 0 saturated heterocycles. The van der Waals surface area contributed by atoms with Crippen LogP contribution in [0.1, 0.15) is 56.7 Å². The highest BCUT2D eigenvalue weighted by atomic mass is 32.1. The van der Waals surface area contributed by atoms with Crippen LogP contribution < -0.4 is 5.32 Å². The molecular weight excluding hydrogens is 268 g/mol. The number of hydrogen-bond donors (Lipinski definition) is 1. The molecule has 114 valence electrons. The molecule has 0 amide bonds. The predicted octanol–water partition coefficient (Wildman–Crippen LogP) is 3.99. The van der Waals surface area contributed by atoms with Crippen LogP contribution in [0.25, 0.3) is 0 Å². The van der Waals surface area contributed by atoms with Crippen LogP contribution in [0, 0.1) is 11.8 Å². The summed E-state index contributed by atoms with van der Waals surface area (Å²) in [6.07, 6.45) is 6.88. The van der Waals surface area contributed by atoms with Gasteiger partial charge in [0, 0.05) is 18.5 Å². The third-order valence-electron chi connectivity index (χ3n) is 3.76. The minimum absolute atomic E-state index is 0.678. The fourth-order valence-electron chi connectivity index (χ4n) is 2.65. The van der Waals surface area contributed by atoms with Crippen molar-refractivity contribution in [3.05, 3.63) is 16.1 Å². The molecule has 1 saturated carbocycles. The van der Waals surface area contributed by atoms with Crippen molar-refractivity contribution in [2.45, 2.75) is 59.1 Å². The highest BCUT2D eigenvalue weighted by Crippen LogP contribution is 2.24. The molecule has 0 aliphatic heterocycles. The number of ether oxygens (including phenoxy) is 1. The van der Waals surface area contributed by atoms with Gasteiger partial charge in [0.05, 0.1) is 12.3 Å². The van der Waals surface area contributed by atoms with Gasteiger partial charge in [-0.15, -0.1) is 11.3 Å². The van der Waals surface area contributed by atoms with E-state index in [1.54, 1.807) is 11.3 Å². The molecule has 1 aliphatic carbocycles. The monoisotopic (exact) mass is 296 g/mol. The van der Waals surface area contributed by atoms with Crippen LogP contribution in [0.15, 0.2) is 5.38 Å². The van der Waals surface area contributed by atoms with E-state index in [0.29, 0.717) is 12.5 Å². The van der Waals surface area contributed by atoms with Crippen molar-refractivity contribution in [3.63, 3.8) is 0 Å². The highest BCUT2D eigenvalue weighted by molar-refractivity contribution is 7.09. The molecule has 20 heavy (non-hydrogen) atoms. The third-order valence-corrected chi connectivity index (χ3v) is 4.65. The first kappa shape index (κ1) is 15.9. The topological polar surface area (TPSA) is 34.2 Å². The van der Waals surface area contributed by atoms with E-state index in [9.17, 15) is 0 Å². The number of thiazole rings is 1. The zero-order valence-corrected chi connectivity index (χ0v) is 13.7. The van der Waals surface area contributed by atoms with Gasteiger partial charge >= 0.3 is 0 Å². The van der Waals surface area contributed by atoms with Gasteiger partial charge < -0.3 is 10.1 Å². The van der Waals surface area contributed by atoms with Crippen LogP contribution in [0.5, 0.6) is 0 Å². The number of hydrogen-bond acceptors (Lipinski definition) is 4. The van der Waals surface area contributed by atoms with Crippen molar-refractivity contribution in [2.24, 2.45) is 11.8 Å². The summed E-state index contributed by atoms with van der Waals surface area (Å²) < 4.78 is 5.84. The van der Waals surface area contributed by atoms with E-state index in [1.807, 2.05) is 0 Å². The smallest absolute Gasteiger partial charge is 0.107 e. The molecule has 3 nitrogen and oxygen atoms in total. The van der Waals surface area contributed by atoms with Gasteiger partial charge in [-0.2, -0.15) is 0 Å². The normalized spacial score (nSPS) is 16.9. The lowest BCUT2D eigenvalue weighted by Crippen LogP contribution is -2.18. The third kappa shape index (κ3) is 5.90. The van der Waals surface area contributed by atoms with Gasteiger partial charge in [0.25, 0.3) is 0 Å². The molecule has 1 fully saturated rings. The summed E-state index contributed by atoms with van der Waals surface area (Å²) in [6, 6.07) is 0. The van der Waals surface area contributed by atoms with Crippen molar-refractivity contribution >= 4 is 11.3 Å². The average molecular weight is 296 g/mol. The minimum Gasteiger partial charge on any atom is -0.375 e. The number of nitrogens with one attached hydrogen (secondary N) is 1.